The number of nitrogens with zero attached hydrogens (tertiary/aromatic N) is 2. The molecule has 4 heteroatoms. The van der Waals surface area contributed by atoms with Gasteiger partial charge in [0.1, 0.15) is 6.17 Å². The van der Waals surface area contributed by atoms with Crippen molar-refractivity contribution in [3.05, 3.63) is 0 Å². The van der Waals surface area contributed by atoms with Crippen LogP contribution < -0.4 is 5.43 Å². The molecule has 0 rings (SSSR count). The summed E-state index contributed by atoms with van der Waals surface area (Å²) in [5, 5.41) is 1.86. The van der Waals surface area contributed by atoms with Gasteiger partial charge < -0.3 is 0 Å². The van der Waals surface area contributed by atoms with Crippen molar-refractivity contribution in [1.82, 2.24) is 15.5 Å². The van der Waals surface area contributed by atoms with Crippen molar-refractivity contribution in [2.75, 3.05) is 27.2 Å². The second kappa shape index (κ2) is 8.17. The maximum absolute atomic E-state index is 5.54. The highest BCUT2D eigenvalue weighted by molar-refractivity contribution is 4.57. The Morgan fingerprint density at radius 1 is 1.21 bits per heavy atom. The van der Waals surface area contributed by atoms with Crippen LogP contribution in [0.4, 0.5) is 0 Å². The van der Waals surface area contributed by atoms with Crippen molar-refractivity contribution in [3.63, 3.8) is 0 Å². The molecule has 0 aliphatic carbocycles. The van der Waals surface area contributed by atoms with Crippen LogP contribution in [0.25, 0.3) is 0 Å². The van der Waals surface area contributed by atoms with Gasteiger partial charge in [0.2, 0.25) is 0 Å². The first-order valence-electron chi connectivity index (χ1n) is 5.49. The van der Waals surface area contributed by atoms with E-state index in [1.54, 1.807) is 0 Å². The molecule has 0 saturated carbocycles. The number of hydrogen-bond donors (Lipinski definition) is 1. The van der Waals surface area contributed by atoms with Crippen molar-refractivity contribution >= 4 is 0 Å². The SMILES string of the molecule is CCCNN(OCC)C(CC)N(C)C. The van der Waals surface area contributed by atoms with Gasteiger partial charge in [-0.2, -0.15) is 0 Å². The largest absolute Gasteiger partial charge is 0.291 e. The van der Waals surface area contributed by atoms with Crippen molar-refractivity contribution in [3.8, 4) is 0 Å². The maximum atomic E-state index is 5.54. The third-order valence-electron chi connectivity index (χ3n) is 2.02. The van der Waals surface area contributed by atoms with E-state index in [9.17, 15) is 0 Å². The van der Waals surface area contributed by atoms with Gasteiger partial charge in [-0.1, -0.05) is 13.8 Å². The fourth-order valence-electron chi connectivity index (χ4n) is 1.34. The predicted molar refractivity (Wildman–Crippen MR) is 59.5 cm³/mol. The highest BCUT2D eigenvalue weighted by atomic mass is 16.7. The van der Waals surface area contributed by atoms with Crippen molar-refractivity contribution in [2.45, 2.75) is 39.8 Å². The molecular formula is C10H25N3O. The third-order valence-corrected chi connectivity index (χ3v) is 2.02. The molecule has 1 atom stereocenters. The lowest BCUT2D eigenvalue weighted by Gasteiger charge is -2.34. The second-order valence-electron chi connectivity index (χ2n) is 3.50. The van der Waals surface area contributed by atoms with Crippen LogP contribution in [0, 0.1) is 0 Å². The van der Waals surface area contributed by atoms with E-state index < -0.39 is 0 Å². The standard InChI is InChI=1S/C10H25N3O/c1-6-9-11-13(14-8-3)10(7-2)12(4)5/h10-11H,6-9H2,1-5H3. The average Bonchev–Trinajstić information content (AvgIpc) is 2.14. The average molecular weight is 203 g/mol. The highest BCUT2D eigenvalue weighted by Gasteiger charge is 2.18. The Hall–Kier alpha value is -0.160. The Labute approximate surface area is 88.1 Å². The molecule has 0 aromatic heterocycles. The van der Waals surface area contributed by atoms with E-state index in [4.69, 9.17) is 4.84 Å². The molecule has 0 aromatic rings. The van der Waals surface area contributed by atoms with E-state index >= 15 is 0 Å². The van der Waals surface area contributed by atoms with Crippen molar-refractivity contribution in [1.29, 1.82) is 0 Å². The number of hydrogen-bond acceptors (Lipinski definition) is 4. The molecule has 1 N–H and O–H groups in total. The monoisotopic (exact) mass is 203 g/mol. The maximum Gasteiger partial charge on any atom is 0.102 e. The number of rotatable bonds is 8. The van der Waals surface area contributed by atoms with Gasteiger partial charge in [0.05, 0.1) is 6.61 Å². The zero-order valence-electron chi connectivity index (χ0n) is 10.2. The van der Waals surface area contributed by atoms with Gasteiger partial charge in [0, 0.05) is 6.54 Å². The van der Waals surface area contributed by atoms with Crippen LogP contribution in [0.5, 0.6) is 0 Å². The predicted octanol–water partition coefficient (Wildman–Crippen LogP) is 1.45. The molecule has 14 heavy (non-hydrogen) atoms. The molecule has 0 amide bonds. The lowest BCUT2D eigenvalue weighted by molar-refractivity contribution is -0.244. The summed E-state index contributed by atoms with van der Waals surface area (Å²) in [6, 6.07) is 0. The van der Waals surface area contributed by atoms with E-state index in [2.05, 4.69) is 38.3 Å². The molecule has 0 bridgehead atoms. The van der Waals surface area contributed by atoms with Gasteiger partial charge in [0.25, 0.3) is 0 Å². The van der Waals surface area contributed by atoms with E-state index in [1.165, 1.54) is 0 Å². The quantitative estimate of drug-likeness (QED) is 0.477. The lowest BCUT2D eigenvalue weighted by atomic mass is 10.3. The van der Waals surface area contributed by atoms with Gasteiger partial charge in [-0.15, -0.1) is 5.17 Å². The summed E-state index contributed by atoms with van der Waals surface area (Å²) in [5.74, 6) is 0. The van der Waals surface area contributed by atoms with Crippen LogP contribution in [0.1, 0.15) is 33.6 Å². The van der Waals surface area contributed by atoms with Gasteiger partial charge in [-0.05, 0) is 33.9 Å². The number of hydroxylamine groups is 1. The summed E-state index contributed by atoms with van der Waals surface area (Å²) in [6.07, 6.45) is 2.43. The molecule has 0 radical (unpaired) electrons. The molecule has 0 spiro atoms. The van der Waals surface area contributed by atoms with Gasteiger partial charge in [-0.3, -0.25) is 9.74 Å². The lowest BCUT2D eigenvalue weighted by Crippen LogP contribution is -2.51. The van der Waals surface area contributed by atoms with Crippen LogP contribution in [-0.2, 0) is 4.84 Å². The van der Waals surface area contributed by atoms with Crippen LogP contribution in [0.3, 0.4) is 0 Å². The first-order valence-corrected chi connectivity index (χ1v) is 5.49. The summed E-state index contributed by atoms with van der Waals surface area (Å²) in [5.41, 5.74) is 3.27. The van der Waals surface area contributed by atoms with Crippen molar-refractivity contribution in [2.24, 2.45) is 0 Å². The molecule has 0 fully saturated rings. The summed E-state index contributed by atoms with van der Waals surface area (Å²) >= 11 is 0. The first kappa shape index (κ1) is 13.8. The van der Waals surface area contributed by atoms with E-state index in [0.717, 1.165) is 19.4 Å². The minimum Gasteiger partial charge on any atom is -0.291 e. The third kappa shape index (κ3) is 4.91. The molecular weight excluding hydrogens is 178 g/mol. The Kier molecular flexibility index (Phi) is 8.08. The summed E-state index contributed by atoms with van der Waals surface area (Å²) in [6.45, 7) is 7.95. The first-order chi connectivity index (χ1) is 6.67. The smallest absolute Gasteiger partial charge is 0.102 e. The molecule has 0 aromatic carbocycles. The molecule has 0 aliphatic heterocycles. The van der Waals surface area contributed by atoms with Gasteiger partial charge in [0.15, 0.2) is 0 Å². The molecule has 0 saturated heterocycles. The molecule has 1 unspecified atom stereocenters. The van der Waals surface area contributed by atoms with Crippen LogP contribution in [0.15, 0.2) is 0 Å². The summed E-state index contributed by atoms with van der Waals surface area (Å²) in [4.78, 5) is 7.69. The van der Waals surface area contributed by atoms with Gasteiger partial charge in [-0.25, -0.2) is 5.43 Å². The zero-order chi connectivity index (χ0) is 11.0. The minimum atomic E-state index is 0.293. The second-order valence-corrected chi connectivity index (χ2v) is 3.50. The highest BCUT2D eigenvalue weighted by Crippen LogP contribution is 2.04. The summed E-state index contributed by atoms with van der Waals surface area (Å²) < 4.78 is 0. The molecule has 86 valence electrons. The Morgan fingerprint density at radius 2 is 1.86 bits per heavy atom. The van der Waals surface area contributed by atoms with Crippen LogP contribution >= 0.6 is 0 Å². The fourth-order valence-corrected chi connectivity index (χ4v) is 1.34. The Bertz CT molecular complexity index is 131. The molecule has 4 nitrogen and oxygen atoms in total. The molecule has 0 heterocycles. The topological polar surface area (TPSA) is 27.7 Å². The zero-order valence-corrected chi connectivity index (χ0v) is 10.2. The fraction of sp³-hybridized carbons (Fsp3) is 1.00. The van der Waals surface area contributed by atoms with Gasteiger partial charge >= 0.3 is 0 Å². The summed E-state index contributed by atoms with van der Waals surface area (Å²) in [7, 11) is 4.13. The van der Waals surface area contributed by atoms with Crippen LogP contribution in [0.2, 0.25) is 0 Å². The Balaban J connectivity index is 4.12. The van der Waals surface area contributed by atoms with Crippen LogP contribution in [-0.4, -0.2) is 43.5 Å². The minimum absolute atomic E-state index is 0.293. The normalized spacial score (nSPS) is 13.9. The van der Waals surface area contributed by atoms with E-state index in [0.29, 0.717) is 12.8 Å². The number of nitrogens with one attached hydrogen (secondary N) is 1. The number of hydrazine groups is 1. The van der Waals surface area contributed by atoms with E-state index in [-0.39, 0.29) is 0 Å². The van der Waals surface area contributed by atoms with Crippen molar-refractivity contribution < 1.29 is 4.84 Å². The van der Waals surface area contributed by atoms with E-state index in [1.807, 2.05) is 12.1 Å². The Morgan fingerprint density at radius 3 is 2.21 bits per heavy atom. The molecule has 0 aliphatic rings.